The monoisotopic (exact) mass is 301 g/mol. The fourth-order valence-electron chi connectivity index (χ4n) is 2.21. The molecule has 0 atom stereocenters. The third kappa shape index (κ3) is 3.99. The number of halogens is 1. The van der Waals surface area contributed by atoms with E-state index in [4.69, 9.17) is 0 Å². The lowest BCUT2D eigenvalue weighted by molar-refractivity contribution is 0.245. The van der Waals surface area contributed by atoms with Crippen LogP contribution in [-0.2, 0) is 10.0 Å². The summed E-state index contributed by atoms with van der Waals surface area (Å²) in [6, 6.07) is 3.79. The molecule has 1 aliphatic heterocycles. The minimum absolute atomic E-state index is 0.0119. The minimum Gasteiger partial charge on any atom is -0.314 e. The fourth-order valence-corrected chi connectivity index (χ4v) is 3.49. The molecule has 2 N–H and O–H groups in total. The number of nitrogens with one attached hydrogen (secondary N) is 2. The molecule has 1 aromatic carbocycles. The topological polar surface area (TPSA) is 61.4 Å². The van der Waals surface area contributed by atoms with Gasteiger partial charge in [0.15, 0.2) is 0 Å². The summed E-state index contributed by atoms with van der Waals surface area (Å²) < 4.78 is 40.0. The molecule has 0 unspecified atom stereocenters. The second kappa shape index (κ2) is 6.62. The summed E-state index contributed by atoms with van der Waals surface area (Å²) in [6.07, 6.45) is 0. The summed E-state index contributed by atoms with van der Waals surface area (Å²) in [6.45, 7) is 6.34. The molecular formula is C13H20FN3O2S. The Hall–Kier alpha value is -1.02. The molecule has 0 amide bonds. The fraction of sp³-hybridized carbons (Fsp3) is 0.538. The molecule has 112 valence electrons. The van der Waals surface area contributed by atoms with Crippen molar-refractivity contribution in [3.05, 3.63) is 29.6 Å². The predicted octanol–water partition coefficient (Wildman–Crippen LogP) is 0.318. The number of nitrogens with zero attached hydrogens (tertiary/aromatic N) is 1. The highest BCUT2D eigenvalue weighted by atomic mass is 32.2. The van der Waals surface area contributed by atoms with Crippen molar-refractivity contribution in [2.24, 2.45) is 0 Å². The second-order valence-electron chi connectivity index (χ2n) is 4.90. The maximum Gasteiger partial charge on any atom is 0.240 e. The van der Waals surface area contributed by atoms with Crippen LogP contribution in [0.2, 0.25) is 0 Å². The smallest absolute Gasteiger partial charge is 0.240 e. The van der Waals surface area contributed by atoms with E-state index in [9.17, 15) is 12.8 Å². The Morgan fingerprint density at radius 2 is 2.05 bits per heavy atom. The summed E-state index contributed by atoms with van der Waals surface area (Å²) in [5, 5.41) is 3.24. The first-order valence-corrected chi connectivity index (χ1v) is 8.16. The lowest BCUT2D eigenvalue weighted by atomic mass is 10.2. The highest BCUT2D eigenvalue weighted by molar-refractivity contribution is 7.89. The Morgan fingerprint density at radius 3 is 2.75 bits per heavy atom. The van der Waals surface area contributed by atoms with Crippen LogP contribution in [0.15, 0.2) is 23.1 Å². The van der Waals surface area contributed by atoms with Crippen LogP contribution in [0, 0.1) is 12.7 Å². The number of benzene rings is 1. The first-order valence-electron chi connectivity index (χ1n) is 6.68. The van der Waals surface area contributed by atoms with Crippen LogP contribution in [0.3, 0.4) is 0 Å². The number of hydrogen-bond donors (Lipinski definition) is 2. The lowest BCUT2D eigenvalue weighted by Crippen LogP contribution is -2.46. The molecule has 0 radical (unpaired) electrons. The van der Waals surface area contributed by atoms with Gasteiger partial charge in [0, 0.05) is 39.3 Å². The summed E-state index contributed by atoms with van der Waals surface area (Å²) in [5.41, 5.74) is 0.543. The minimum atomic E-state index is -3.65. The molecule has 1 heterocycles. The van der Waals surface area contributed by atoms with Gasteiger partial charge < -0.3 is 5.32 Å². The summed E-state index contributed by atoms with van der Waals surface area (Å²) in [5.74, 6) is -0.543. The van der Waals surface area contributed by atoms with E-state index in [1.54, 1.807) is 6.92 Å². The largest absolute Gasteiger partial charge is 0.314 e. The van der Waals surface area contributed by atoms with Crippen molar-refractivity contribution >= 4 is 10.0 Å². The maximum absolute atomic E-state index is 13.2. The van der Waals surface area contributed by atoms with Crippen molar-refractivity contribution in [1.29, 1.82) is 0 Å². The van der Waals surface area contributed by atoms with Crippen molar-refractivity contribution in [2.75, 3.05) is 39.3 Å². The average Bonchev–Trinajstić information content (AvgIpc) is 2.42. The summed E-state index contributed by atoms with van der Waals surface area (Å²) in [7, 11) is -3.65. The van der Waals surface area contributed by atoms with Gasteiger partial charge in [-0.05, 0) is 24.6 Å². The molecule has 20 heavy (non-hydrogen) atoms. The van der Waals surface area contributed by atoms with E-state index in [0.29, 0.717) is 18.7 Å². The van der Waals surface area contributed by atoms with E-state index < -0.39 is 15.8 Å². The van der Waals surface area contributed by atoms with E-state index in [-0.39, 0.29) is 4.90 Å². The number of hydrogen-bond acceptors (Lipinski definition) is 4. The van der Waals surface area contributed by atoms with Crippen molar-refractivity contribution in [1.82, 2.24) is 14.9 Å². The average molecular weight is 301 g/mol. The van der Waals surface area contributed by atoms with Gasteiger partial charge >= 0.3 is 0 Å². The third-order valence-corrected chi connectivity index (χ3v) is 4.97. The zero-order chi connectivity index (χ0) is 14.6. The van der Waals surface area contributed by atoms with Gasteiger partial charge in [0.05, 0.1) is 4.90 Å². The van der Waals surface area contributed by atoms with Gasteiger partial charge in [0.2, 0.25) is 10.0 Å². The molecule has 0 spiro atoms. The number of piperazine rings is 1. The van der Waals surface area contributed by atoms with E-state index in [1.165, 1.54) is 12.1 Å². The van der Waals surface area contributed by atoms with Gasteiger partial charge in [-0.1, -0.05) is 6.07 Å². The standard InChI is InChI=1S/C13H20FN3O2S/c1-11-2-3-12(14)10-13(11)20(18,19)16-6-9-17-7-4-15-5-8-17/h2-3,10,15-16H,4-9H2,1H3. The highest BCUT2D eigenvalue weighted by Gasteiger charge is 2.18. The SMILES string of the molecule is Cc1ccc(F)cc1S(=O)(=O)NCCN1CCNCC1. The highest BCUT2D eigenvalue weighted by Crippen LogP contribution is 2.15. The number of aryl methyl sites for hydroxylation is 1. The van der Waals surface area contributed by atoms with Crippen LogP contribution in [0.1, 0.15) is 5.56 Å². The quantitative estimate of drug-likeness (QED) is 0.822. The Morgan fingerprint density at radius 1 is 1.35 bits per heavy atom. The number of sulfonamides is 1. The van der Waals surface area contributed by atoms with E-state index >= 15 is 0 Å². The van der Waals surface area contributed by atoms with Crippen LogP contribution >= 0.6 is 0 Å². The molecule has 0 bridgehead atoms. The molecule has 0 aromatic heterocycles. The molecule has 2 rings (SSSR count). The number of rotatable bonds is 5. The van der Waals surface area contributed by atoms with Crippen LogP contribution < -0.4 is 10.0 Å². The van der Waals surface area contributed by atoms with Crippen molar-refractivity contribution in [3.8, 4) is 0 Å². The molecule has 0 saturated carbocycles. The van der Waals surface area contributed by atoms with Crippen molar-refractivity contribution in [3.63, 3.8) is 0 Å². The van der Waals surface area contributed by atoms with Gasteiger partial charge in [-0.3, -0.25) is 4.90 Å². The molecule has 1 aromatic rings. The molecule has 0 aliphatic carbocycles. The Labute approximate surface area is 119 Å². The van der Waals surface area contributed by atoms with Crippen molar-refractivity contribution < 1.29 is 12.8 Å². The zero-order valence-corrected chi connectivity index (χ0v) is 12.3. The molecule has 1 fully saturated rings. The zero-order valence-electron chi connectivity index (χ0n) is 11.5. The second-order valence-corrected chi connectivity index (χ2v) is 6.63. The Bertz CT molecular complexity index is 557. The van der Waals surface area contributed by atoms with Crippen molar-refractivity contribution in [2.45, 2.75) is 11.8 Å². The van der Waals surface area contributed by atoms with E-state index in [1.807, 2.05) is 0 Å². The van der Waals surface area contributed by atoms with Gasteiger partial charge in [-0.15, -0.1) is 0 Å². The summed E-state index contributed by atoms with van der Waals surface area (Å²) in [4.78, 5) is 2.20. The lowest BCUT2D eigenvalue weighted by Gasteiger charge is -2.27. The summed E-state index contributed by atoms with van der Waals surface area (Å²) >= 11 is 0. The molecule has 1 saturated heterocycles. The Balaban J connectivity index is 1.95. The predicted molar refractivity (Wildman–Crippen MR) is 75.6 cm³/mol. The van der Waals surface area contributed by atoms with Crippen LogP contribution in [0.5, 0.6) is 0 Å². The van der Waals surface area contributed by atoms with E-state index in [2.05, 4.69) is 14.9 Å². The molecule has 5 nitrogen and oxygen atoms in total. The Kier molecular flexibility index (Phi) is 5.09. The molecule has 1 aliphatic rings. The van der Waals surface area contributed by atoms with Gasteiger partial charge in [0.25, 0.3) is 0 Å². The third-order valence-electron chi connectivity index (χ3n) is 3.37. The van der Waals surface area contributed by atoms with E-state index in [0.717, 1.165) is 32.2 Å². The molecular weight excluding hydrogens is 281 g/mol. The van der Waals surface area contributed by atoms with Gasteiger partial charge in [-0.25, -0.2) is 17.5 Å². The first kappa shape index (κ1) is 15.4. The molecule has 7 heteroatoms. The normalized spacial score (nSPS) is 17.3. The van der Waals surface area contributed by atoms with Gasteiger partial charge in [-0.2, -0.15) is 0 Å². The van der Waals surface area contributed by atoms with Crippen LogP contribution in [0.25, 0.3) is 0 Å². The maximum atomic E-state index is 13.2. The van der Waals surface area contributed by atoms with Crippen LogP contribution in [-0.4, -0.2) is 52.6 Å². The van der Waals surface area contributed by atoms with Gasteiger partial charge in [0.1, 0.15) is 5.82 Å². The first-order chi connectivity index (χ1) is 9.49. The van der Waals surface area contributed by atoms with Crippen LogP contribution in [0.4, 0.5) is 4.39 Å².